The molecule has 3 aliphatic rings. The number of carbonyl (C=O) groups excluding carboxylic acids is 4. The number of nitrogens with one attached hydrogen (secondary N) is 3. The number of nitriles is 1. The number of hydrogen-bond acceptors (Lipinski definition) is 10. The molecule has 3 aromatic carbocycles. The molecule has 3 aliphatic heterocycles. The molecule has 0 saturated carbocycles. The largest absolute Gasteiger partial charge is 0.492 e. The number of imide groups is 1. The first-order valence-corrected chi connectivity index (χ1v) is 19.0. The van der Waals surface area contributed by atoms with E-state index in [0.29, 0.717) is 61.9 Å². The molecule has 6 rings (SSSR count). The topological polar surface area (TPSA) is 150 Å². The van der Waals surface area contributed by atoms with Crippen molar-refractivity contribution in [2.75, 3.05) is 66.3 Å². The van der Waals surface area contributed by atoms with Crippen LogP contribution in [0, 0.1) is 11.3 Å². The molecule has 4 amide bonds. The van der Waals surface area contributed by atoms with E-state index in [1.807, 2.05) is 13.0 Å². The number of thiocarbonyl (C=S) groups is 1. The van der Waals surface area contributed by atoms with Crippen LogP contribution in [0.3, 0.4) is 0 Å². The molecule has 300 valence electrons. The van der Waals surface area contributed by atoms with Crippen molar-refractivity contribution in [2.24, 2.45) is 0 Å². The van der Waals surface area contributed by atoms with Crippen LogP contribution in [0.15, 0.2) is 60.7 Å². The van der Waals surface area contributed by atoms with Gasteiger partial charge in [0.2, 0.25) is 17.7 Å². The van der Waals surface area contributed by atoms with Gasteiger partial charge in [0.05, 0.1) is 29.4 Å². The molecule has 13 nitrogen and oxygen atoms in total. The number of rotatable bonds is 12. The number of halogens is 3. The highest BCUT2D eigenvalue weighted by Crippen LogP contribution is 2.40. The number of ether oxygens (including phenoxy) is 1. The summed E-state index contributed by atoms with van der Waals surface area (Å²) in [7, 11) is 0. The SMILES string of the molecule is CCc1cc(N2C(=S)N(c3ccc(C#N)c(C(F)(F)F)c3)C(=O)C2(C)C)ccc1OCCN1CCN(CC(=O)Nc2cccc(N[C@@H]3CCC(=O)NC3=O)c2)CC1. The van der Waals surface area contributed by atoms with Gasteiger partial charge in [-0.2, -0.15) is 18.4 Å². The summed E-state index contributed by atoms with van der Waals surface area (Å²) in [4.78, 5) is 57.1. The number of anilines is 4. The van der Waals surface area contributed by atoms with Crippen molar-refractivity contribution in [3.8, 4) is 11.8 Å². The first kappa shape index (κ1) is 41.1. The van der Waals surface area contributed by atoms with E-state index in [4.69, 9.17) is 17.0 Å². The first-order chi connectivity index (χ1) is 27.1. The van der Waals surface area contributed by atoms with Crippen molar-refractivity contribution in [1.29, 1.82) is 5.26 Å². The van der Waals surface area contributed by atoms with Gasteiger partial charge in [-0.1, -0.05) is 13.0 Å². The molecule has 0 aromatic heterocycles. The predicted octanol–water partition coefficient (Wildman–Crippen LogP) is 4.91. The standard InChI is InChI=1S/C40H43F3N8O5S/c1-4-25-20-30(51-38(57)50(37(55)39(51,2)3)29-9-8-26(23-44)31(22-29)40(41,42)43)10-12-33(25)56-19-18-48-14-16-49(17-15-48)24-35(53)46-28-7-5-6-27(21-28)45-32-11-13-34(52)47-36(32)54/h5-10,12,20-22,32,45H,4,11,13-19,24H2,1-3H3,(H,46,53)(H,47,52,54)/t32-/m1/s1. The Morgan fingerprint density at radius 2 is 1.70 bits per heavy atom. The lowest BCUT2D eigenvalue weighted by atomic mass is 10.0. The molecule has 3 saturated heterocycles. The fraction of sp³-hybridized carbons (Fsp3) is 0.400. The summed E-state index contributed by atoms with van der Waals surface area (Å²) in [6.07, 6.45) is -3.53. The molecule has 0 radical (unpaired) electrons. The minimum absolute atomic E-state index is 0.0173. The van der Waals surface area contributed by atoms with E-state index < -0.39 is 34.8 Å². The zero-order valence-electron chi connectivity index (χ0n) is 31.7. The van der Waals surface area contributed by atoms with Gasteiger partial charge in [0.15, 0.2) is 5.11 Å². The summed E-state index contributed by atoms with van der Waals surface area (Å²) in [6, 6.07) is 16.7. The highest BCUT2D eigenvalue weighted by atomic mass is 32.1. The summed E-state index contributed by atoms with van der Waals surface area (Å²) in [5, 5.41) is 17.6. The van der Waals surface area contributed by atoms with Crippen LogP contribution in [-0.2, 0) is 31.8 Å². The van der Waals surface area contributed by atoms with E-state index in [1.165, 1.54) is 6.07 Å². The molecule has 3 fully saturated rings. The third-order valence-electron chi connectivity index (χ3n) is 10.3. The zero-order valence-corrected chi connectivity index (χ0v) is 32.6. The highest BCUT2D eigenvalue weighted by Gasteiger charge is 2.51. The van der Waals surface area contributed by atoms with Crippen LogP contribution in [0.25, 0.3) is 0 Å². The molecule has 3 aromatic rings. The second-order valence-corrected chi connectivity index (χ2v) is 14.9. The van der Waals surface area contributed by atoms with Crippen LogP contribution in [-0.4, -0.2) is 96.0 Å². The monoisotopic (exact) mass is 804 g/mol. The van der Waals surface area contributed by atoms with Crippen molar-refractivity contribution in [3.05, 3.63) is 77.4 Å². The number of hydrogen-bond donors (Lipinski definition) is 3. The van der Waals surface area contributed by atoms with Crippen LogP contribution >= 0.6 is 12.2 Å². The van der Waals surface area contributed by atoms with Gasteiger partial charge in [0.1, 0.15) is 23.9 Å². The molecule has 57 heavy (non-hydrogen) atoms. The zero-order chi connectivity index (χ0) is 41.1. The Hall–Kier alpha value is -5.57. The molecule has 0 bridgehead atoms. The third kappa shape index (κ3) is 9.19. The summed E-state index contributed by atoms with van der Waals surface area (Å²) >= 11 is 5.70. The van der Waals surface area contributed by atoms with Gasteiger partial charge < -0.3 is 20.3 Å². The van der Waals surface area contributed by atoms with Crippen molar-refractivity contribution in [2.45, 2.75) is 57.8 Å². The van der Waals surface area contributed by atoms with Gasteiger partial charge >= 0.3 is 6.18 Å². The maximum absolute atomic E-state index is 13.8. The minimum atomic E-state index is -4.79. The van der Waals surface area contributed by atoms with E-state index in [2.05, 4.69) is 25.8 Å². The van der Waals surface area contributed by atoms with Crippen molar-refractivity contribution in [1.82, 2.24) is 15.1 Å². The van der Waals surface area contributed by atoms with Gasteiger partial charge in [-0.25, -0.2) is 0 Å². The summed E-state index contributed by atoms with van der Waals surface area (Å²) in [5.74, 6) is -0.640. The van der Waals surface area contributed by atoms with Crippen LogP contribution in [0.5, 0.6) is 5.75 Å². The minimum Gasteiger partial charge on any atom is -0.492 e. The fourth-order valence-electron chi connectivity index (χ4n) is 7.16. The Bertz CT molecular complexity index is 2110. The van der Waals surface area contributed by atoms with E-state index >= 15 is 0 Å². The summed E-state index contributed by atoms with van der Waals surface area (Å²) in [6.45, 7) is 9.47. The number of benzene rings is 3. The second kappa shape index (κ2) is 16.9. The second-order valence-electron chi connectivity index (χ2n) is 14.5. The average Bonchev–Trinajstić information content (AvgIpc) is 3.34. The van der Waals surface area contributed by atoms with Crippen LogP contribution in [0.2, 0.25) is 0 Å². The van der Waals surface area contributed by atoms with Gasteiger partial charge in [-0.3, -0.25) is 39.2 Å². The molecule has 1 atom stereocenters. The molecule has 0 aliphatic carbocycles. The fourth-order valence-corrected chi connectivity index (χ4v) is 7.68. The van der Waals surface area contributed by atoms with Crippen LogP contribution in [0.1, 0.15) is 50.3 Å². The highest BCUT2D eigenvalue weighted by molar-refractivity contribution is 7.81. The molecule has 0 unspecified atom stereocenters. The smallest absolute Gasteiger partial charge is 0.417 e. The van der Waals surface area contributed by atoms with E-state index in [9.17, 15) is 37.6 Å². The average molecular weight is 805 g/mol. The lowest BCUT2D eigenvalue weighted by Crippen LogP contribution is -2.49. The number of piperidine rings is 1. The Labute approximate surface area is 333 Å². The van der Waals surface area contributed by atoms with E-state index in [0.717, 1.165) is 35.7 Å². The number of piperazine rings is 1. The van der Waals surface area contributed by atoms with Gasteiger partial charge in [-0.15, -0.1) is 0 Å². The Balaban J connectivity index is 0.994. The molecular formula is C40H43F3N8O5S. The molecule has 17 heteroatoms. The quantitative estimate of drug-likeness (QED) is 0.169. The Kier molecular flexibility index (Phi) is 12.2. The lowest BCUT2D eigenvalue weighted by Gasteiger charge is -2.34. The number of aryl methyl sites for hydroxylation is 1. The van der Waals surface area contributed by atoms with Gasteiger partial charge in [-0.05, 0) is 99.1 Å². The van der Waals surface area contributed by atoms with Crippen molar-refractivity contribution < 1.29 is 37.1 Å². The number of alkyl halides is 3. The normalized spacial score (nSPS) is 19.0. The van der Waals surface area contributed by atoms with Crippen molar-refractivity contribution >= 4 is 63.7 Å². The Morgan fingerprint density at radius 1 is 1.00 bits per heavy atom. The predicted molar refractivity (Wildman–Crippen MR) is 212 cm³/mol. The number of amides is 4. The van der Waals surface area contributed by atoms with Gasteiger partial charge in [0, 0.05) is 56.2 Å². The van der Waals surface area contributed by atoms with Crippen LogP contribution < -0.4 is 30.5 Å². The lowest BCUT2D eigenvalue weighted by molar-refractivity contribution is -0.138. The third-order valence-corrected chi connectivity index (χ3v) is 10.6. The number of carbonyl (C=O) groups is 4. The Morgan fingerprint density at radius 3 is 2.39 bits per heavy atom. The van der Waals surface area contributed by atoms with E-state index in [1.54, 1.807) is 61.2 Å². The maximum Gasteiger partial charge on any atom is 0.417 e. The van der Waals surface area contributed by atoms with Crippen LogP contribution in [0.4, 0.5) is 35.9 Å². The molecule has 3 heterocycles. The molecule has 3 N–H and O–H groups in total. The summed E-state index contributed by atoms with van der Waals surface area (Å²) in [5.41, 5.74) is -0.268. The van der Waals surface area contributed by atoms with Crippen molar-refractivity contribution in [3.63, 3.8) is 0 Å². The van der Waals surface area contributed by atoms with E-state index in [-0.39, 0.29) is 41.5 Å². The molecule has 0 spiro atoms. The van der Waals surface area contributed by atoms with Gasteiger partial charge in [0.25, 0.3) is 5.91 Å². The maximum atomic E-state index is 13.8. The summed E-state index contributed by atoms with van der Waals surface area (Å²) < 4.78 is 47.5. The molecular weight excluding hydrogens is 762 g/mol. The first-order valence-electron chi connectivity index (χ1n) is 18.6. The number of nitrogens with zero attached hydrogens (tertiary/aromatic N) is 5.